The van der Waals surface area contributed by atoms with Crippen LogP contribution in [-0.2, 0) is 0 Å². The first kappa shape index (κ1) is 35.6. The maximum atomic E-state index is 5.52. The van der Waals surface area contributed by atoms with Crippen molar-refractivity contribution in [2.75, 3.05) is 0 Å². The lowest BCUT2D eigenvalue weighted by Gasteiger charge is -2.13. The normalized spacial score (nSPS) is 11.8. The highest BCUT2D eigenvalue weighted by Gasteiger charge is 2.24. The molecule has 0 bridgehead atoms. The lowest BCUT2D eigenvalue weighted by atomic mass is 9.97. The molecule has 9 aromatic carbocycles. The third kappa shape index (κ3) is 5.67. The minimum absolute atomic E-state index is 0.707. The molecular weight excluding hydrogens is 785 g/mol. The Kier molecular flexibility index (Phi) is 8.05. The van der Waals surface area contributed by atoms with Crippen LogP contribution in [0.2, 0.25) is 0 Å². The van der Waals surface area contributed by atoms with Gasteiger partial charge < -0.3 is 9.13 Å². The van der Waals surface area contributed by atoms with E-state index in [1.807, 2.05) is 17.4 Å². The fourth-order valence-corrected chi connectivity index (χ4v) is 10.8. The first-order chi connectivity index (χ1) is 31.2. The predicted molar refractivity (Wildman–Crippen MR) is 265 cm³/mol. The summed E-state index contributed by atoms with van der Waals surface area (Å²) in [5.74, 6) is 0.707. The fourth-order valence-electron chi connectivity index (χ4n) is 9.68. The van der Waals surface area contributed by atoms with E-state index in [0.29, 0.717) is 5.82 Å². The van der Waals surface area contributed by atoms with Gasteiger partial charge in [0.05, 0.1) is 27.8 Å². The van der Waals surface area contributed by atoms with Crippen LogP contribution < -0.4 is 0 Å². The van der Waals surface area contributed by atoms with Gasteiger partial charge in [0.25, 0.3) is 0 Å². The molecule has 4 nitrogen and oxygen atoms in total. The first-order valence-electron chi connectivity index (χ1n) is 21.3. The van der Waals surface area contributed by atoms with E-state index in [4.69, 9.17) is 9.97 Å². The van der Waals surface area contributed by atoms with E-state index in [-0.39, 0.29) is 0 Å². The van der Waals surface area contributed by atoms with Gasteiger partial charge in [-0.2, -0.15) is 0 Å². The van der Waals surface area contributed by atoms with Gasteiger partial charge >= 0.3 is 0 Å². The van der Waals surface area contributed by atoms with Crippen molar-refractivity contribution in [3.63, 3.8) is 0 Å². The molecule has 0 aliphatic carbocycles. The molecule has 63 heavy (non-hydrogen) atoms. The van der Waals surface area contributed by atoms with Gasteiger partial charge in [0.1, 0.15) is 5.52 Å². The fraction of sp³-hybridized carbons (Fsp3) is 0. The van der Waals surface area contributed by atoms with Gasteiger partial charge in [-0.25, -0.2) is 9.97 Å². The second kappa shape index (κ2) is 14.2. The summed E-state index contributed by atoms with van der Waals surface area (Å²) in [4.78, 5) is 11.0. The summed E-state index contributed by atoms with van der Waals surface area (Å²) in [5, 5.41) is 6.03. The van der Waals surface area contributed by atoms with Crippen LogP contribution in [0.4, 0.5) is 0 Å². The highest BCUT2D eigenvalue weighted by Crippen LogP contribution is 2.45. The van der Waals surface area contributed by atoms with Gasteiger partial charge in [-0.05, 0) is 95.1 Å². The van der Waals surface area contributed by atoms with Crippen molar-refractivity contribution in [1.29, 1.82) is 0 Å². The first-order valence-corrected chi connectivity index (χ1v) is 22.1. The molecule has 0 radical (unpaired) electrons. The maximum Gasteiger partial charge on any atom is 0.160 e. The summed E-state index contributed by atoms with van der Waals surface area (Å²) in [6.45, 7) is 0. The Labute approximate surface area is 367 Å². The Hall–Kier alpha value is -8.12. The molecule has 0 saturated heterocycles. The van der Waals surface area contributed by atoms with Crippen LogP contribution in [-0.4, -0.2) is 19.1 Å². The van der Waals surface area contributed by atoms with E-state index in [1.54, 1.807) is 0 Å². The van der Waals surface area contributed by atoms with Crippen LogP contribution in [0.15, 0.2) is 218 Å². The molecule has 0 aliphatic rings. The zero-order valence-corrected chi connectivity index (χ0v) is 34.8. The highest BCUT2D eigenvalue weighted by molar-refractivity contribution is 7.25. The second-order valence-electron chi connectivity index (χ2n) is 16.1. The van der Waals surface area contributed by atoms with Crippen LogP contribution in [0, 0.1) is 0 Å². The van der Waals surface area contributed by atoms with Gasteiger partial charge in [0.2, 0.25) is 0 Å². The zero-order chi connectivity index (χ0) is 41.4. The van der Waals surface area contributed by atoms with Gasteiger partial charge in [0.15, 0.2) is 5.82 Å². The molecule has 0 spiro atoms. The van der Waals surface area contributed by atoms with Crippen LogP contribution >= 0.6 is 11.3 Å². The topological polar surface area (TPSA) is 35.6 Å². The third-order valence-electron chi connectivity index (χ3n) is 12.5. The summed E-state index contributed by atoms with van der Waals surface area (Å²) in [6, 6.07) is 78.4. The molecule has 0 atom stereocenters. The Morgan fingerprint density at radius 1 is 0.349 bits per heavy atom. The van der Waals surface area contributed by atoms with Crippen molar-refractivity contribution in [1.82, 2.24) is 19.1 Å². The van der Waals surface area contributed by atoms with E-state index in [9.17, 15) is 0 Å². The molecule has 4 heterocycles. The summed E-state index contributed by atoms with van der Waals surface area (Å²) in [5.41, 5.74) is 15.3. The molecule has 13 aromatic rings. The smallest absolute Gasteiger partial charge is 0.160 e. The van der Waals surface area contributed by atoms with Crippen molar-refractivity contribution < 1.29 is 0 Å². The minimum atomic E-state index is 0.707. The van der Waals surface area contributed by atoms with Crippen LogP contribution in [0.25, 0.3) is 120 Å². The Balaban J connectivity index is 1.03. The maximum absolute atomic E-state index is 5.52. The molecule has 13 rings (SSSR count). The number of nitrogens with zero attached hydrogens (tertiary/aromatic N) is 4. The largest absolute Gasteiger partial charge is 0.309 e. The lowest BCUT2D eigenvalue weighted by molar-refractivity contribution is 1.15. The number of hydrogen-bond acceptors (Lipinski definition) is 3. The van der Waals surface area contributed by atoms with E-state index in [2.05, 4.69) is 221 Å². The number of rotatable bonds is 6. The zero-order valence-electron chi connectivity index (χ0n) is 34.0. The molecule has 4 aromatic heterocycles. The Morgan fingerprint density at radius 2 is 0.889 bits per heavy atom. The van der Waals surface area contributed by atoms with Crippen molar-refractivity contribution in [3.8, 4) is 56.3 Å². The number of para-hydroxylation sites is 3. The third-order valence-corrected chi connectivity index (χ3v) is 13.7. The van der Waals surface area contributed by atoms with Crippen LogP contribution in [0.3, 0.4) is 0 Å². The van der Waals surface area contributed by atoms with Crippen molar-refractivity contribution >= 4 is 75.3 Å². The average molecular weight is 821 g/mol. The number of thiophene rings is 1. The van der Waals surface area contributed by atoms with Gasteiger partial charge in [0, 0.05) is 58.8 Å². The molecular formula is C58H36N4S. The van der Waals surface area contributed by atoms with Gasteiger partial charge in [-0.15, -0.1) is 11.3 Å². The van der Waals surface area contributed by atoms with Crippen LogP contribution in [0.1, 0.15) is 0 Å². The Morgan fingerprint density at radius 3 is 1.63 bits per heavy atom. The quantitative estimate of drug-likeness (QED) is 0.167. The van der Waals surface area contributed by atoms with Crippen molar-refractivity contribution in [3.05, 3.63) is 218 Å². The molecule has 0 fully saturated rings. The molecule has 0 unspecified atom stereocenters. The van der Waals surface area contributed by atoms with Crippen LogP contribution in [0.5, 0.6) is 0 Å². The number of fused-ring (bicyclic) bond motifs is 9. The highest BCUT2D eigenvalue weighted by atomic mass is 32.1. The molecule has 294 valence electrons. The van der Waals surface area contributed by atoms with E-state index < -0.39 is 0 Å². The lowest BCUT2D eigenvalue weighted by Crippen LogP contribution is -2.00. The SMILES string of the molecule is c1ccc(-c2nc(-c3cccc4sc5ccccc5c34)c3c(n2)c2cc(-c4cccc(-c5ccc6c(c5)c5ccccc5n6-c5ccccc5)c4)ccc2n3-c2ccccc2)cc1. The van der Waals surface area contributed by atoms with Crippen molar-refractivity contribution in [2.24, 2.45) is 0 Å². The molecule has 5 heteroatoms. The minimum Gasteiger partial charge on any atom is -0.309 e. The molecule has 0 saturated carbocycles. The number of hydrogen-bond donors (Lipinski definition) is 0. The molecule has 0 N–H and O–H groups in total. The number of benzene rings is 9. The summed E-state index contributed by atoms with van der Waals surface area (Å²) in [6.07, 6.45) is 0. The number of aromatic nitrogens is 4. The molecule has 0 aliphatic heterocycles. The van der Waals surface area contributed by atoms with Gasteiger partial charge in [-0.3, -0.25) is 0 Å². The van der Waals surface area contributed by atoms with E-state index >= 15 is 0 Å². The van der Waals surface area contributed by atoms with E-state index in [0.717, 1.165) is 61.3 Å². The molecule has 0 amide bonds. The Bertz CT molecular complexity index is 3900. The summed E-state index contributed by atoms with van der Waals surface area (Å²) >= 11 is 1.83. The summed E-state index contributed by atoms with van der Waals surface area (Å²) in [7, 11) is 0. The average Bonchev–Trinajstić information content (AvgIpc) is 4.02. The monoisotopic (exact) mass is 820 g/mol. The summed E-state index contributed by atoms with van der Waals surface area (Å²) < 4.78 is 7.24. The van der Waals surface area contributed by atoms with Crippen molar-refractivity contribution in [2.45, 2.75) is 0 Å². The standard InChI is InChI=1S/C58H36N4S/c1-4-16-37(17-5-1)58-59-55(46-26-15-29-53-54(46)45-25-11-13-28-52(45)63-53)57-56(60-58)48-36-41(31-33-51(48)62(57)43-22-8-3-9-23-43)39-19-14-18-38(34-39)40-30-32-50-47(35-40)44-24-10-12-27-49(44)61(50)42-20-6-2-7-21-42/h1-36H. The van der Waals surface area contributed by atoms with E-state index in [1.165, 1.54) is 53.1 Å². The van der Waals surface area contributed by atoms with Gasteiger partial charge in [-0.1, -0.05) is 146 Å². The predicted octanol–water partition coefficient (Wildman–Crippen LogP) is 15.7. The second-order valence-corrected chi connectivity index (χ2v) is 17.2.